The molecule has 0 spiro atoms. The Hall–Kier alpha value is 0.543. The van der Waals surface area contributed by atoms with E-state index in [9.17, 15) is 0 Å². The number of aryl methyl sites for hydroxylation is 1. The third-order valence-corrected chi connectivity index (χ3v) is 1.15. The van der Waals surface area contributed by atoms with Gasteiger partial charge in [0.25, 0.3) is 0 Å². The van der Waals surface area contributed by atoms with E-state index in [0.717, 1.165) is 6.42 Å². The molecule has 0 bridgehead atoms. The number of benzene rings is 1. The van der Waals surface area contributed by atoms with E-state index in [-0.39, 0.29) is 46.5 Å². The Balaban J connectivity index is -0.000000213. The molecule has 0 saturated carbocycles. The summed E-state index contributed by atoms with van der Waals surface area (Å²) in [6.45, 7) is 2.13. The summed E-state index contributed by atoms with van der Waals surface area (Å²) >= 11 is 0. The molecule has 0 nitrogen and oxygen atoms in total. The van der Waals surface area contributed by atoms with Crippen LogP contribution in [0.15, 0.2) is 24.3 Å². The van der Waals surface area contributed by atoms with Gasteiger partial charge in [0.15, 0.2) is 0 Å². The molecule has 0 saturated heterocycles. The van der Waals surface area contributed by atoms with E-state index in [1.807, 2.05) is 18.2 Å². The van der Waals surface area contributed by atoms with Gasteiger partial charge in [0.2, 0.25) is 0 Å². The topological polar surface area (TPSA) is 0 Å². The number of thiol groups is 2. The van der Waals surface area contributed by atoms with Gasteiger partial charge >= 0.3 is 0 Å². The van der Waals surface area contributed by atoms with Crippen LogP contribution in [-0.4, -0.2) is 0 Å². The van der Waals surface area contributed by atoms with Gasteiger partial charge in [-0.15, -0.1) is 0 Å². The molecular formula is C8H11S2Zn-3. The van der Waals surface area contributed by atoms with Crippen molar-refractivity contribution in [3.63, 3.8) is 0 Å². The molecule has 3 heteroatoms. The van der Waals surface area contributed by atoms with Crippen LogP contribution in [0.5, 0.6) is 0 Å². The first kappa shape index (κ1) is 17.6. The summed E-state index contributed by atoms with van der Waals surface area (Å²) in [5.41, 5.74) is 1.28. The maximum absolute atomic E-state index is 3.12. The van der Waals surface area contributed by atoms with Crippen LogP contribution in [-0.2, 0) is 52.9 Å². The Morgan fingerprint density at radius 2 is 1.91 bits per heavy atom. The third-order valence-electron chi connectivity index (χ3n) is 1.15. The Kier molecular flexibility index (Phi) is 16.9. The number of hydrogen-bond acceptors (Lipinski definition) is 2. The largest absolute Gasteiger partial charge is 0.813 e. The van der Waals surface area contributed by atoms with Gasteiger partial charge in [0.1, 0.15) is 0 Å². The molecule has 1 aromatic carbocycles. The van der Waals surface area contributed by atoms with Crippen molar-refractivity contribution in [2.75, 3.05) is 0 Å². The Morgan fingerprint density at radius 3 is 2.18 bits per heavy atom. The zero-order chi connectivity index (χ0) is 5.82. The van der Waals surface area contributed by atoms with Crippen molar-refractivity contribution in [3.05, 3.63) is 35.9 Å². The molecule has 60 valence electrons. The SMILES string of the molecule is CCc1[c-]cccc1.[SH-].[SH-].[Zn]. The van der Waals surface area contributed by atoms with Gasteiger partial charge in [0, 0.05) is 19.5 Å². The zero-order valence-electron chi connectivity index (χ0n) is 6.62. The van der Waals surface area contributed by atoms with Crippen molar-refractivity contribution in [3.8, 4) is 0 Å². The molecule has 1 rings (SSSR count). The van der Waals surface area contributed by atoms with Gasteiger partial charge in [-0.2, -0.15) is 35.9 Å². The molecule has 0 aliphatic heterocycles. The van der Waals surface area contributed by atoms with Gasteiger partial charge in [-0.25, -0.2) is 0 Å². The van der Waals surface area contributed by atoms with Crippen molar-refractivity contribution < 1.29 is 19.5 Å². The average molecular weight is 237 g/mol. The summed E-state index contributed by atoms with van der Waals surface area (Å²) in [5.74, 6) is 0. The summed E-state index contributed by atoms with van der Waals surface area (Å²) in [7, 11) is 0. The van der Waals surface area contributed by atoms with E-state index in [4.69, 9.17) is 0 Å². The quantitative estimate of drug-likeness (QED) is 0.314. The van der Waals surface area contributed by atoms with E-state index >= 15 is 0 Å². The molecule has 0 atom stereocenters. The molecular weight excluding hydrogens is 226 g/mol. The Labute approximate surface area is 95.4 Å². The molecule has 0 aliphatic rings. The minimum atomic E-state index is 0. The van der Waals surface area contributed by atoms with Crippen LogP contribution in [0.1, 0.15) is 12.5 Å². The second-order valence-corrected chi connectivity index (χ2v) is 1.74. The van der Waals surface area contributed by atoms with Crippen molar-refractivity contribution in [2.45, 2.75) is 13.3 Å². The maximum Gasteiger partial charge on any atom is 0 e. The Bertz CT molecular complexity index is 153. The maximum atomic E-state index is 3.12. The first-order valence-electron chi connectivity index (χ1n) is 2.89. The first-order valence-corrected chi connectivity index (χ1v) is 2.89. The summed E-state index contributed by atoms with van der Waals surface area (Å²) in [4.78, 5) is 0. The van der Waals surface area contributed by atoms with E-state index < -0.39 is 0 Å². The molecule has 0 heterocycles. The molecule has 0 unspecified atom stereocenters. The van der Waals surface area contributed by atoms with E-state index in [1.165, 1.54) is 5.56 Å². The second kappa shape index (κ2) is 10.5. The van der Waals surface area contributed by atoms with Gasteiger partial charge in [-0.3, -0.25) is 0 Å². The Morgan fingerprint density at radius 1 is 1.27 bits per heavy atom. The van der Waals surface area contributed by atoms with E-state index in [0.29, 0.717) is 0 Å². The van der Waals surface area contributed by atoms with Gasteiger partial charge in [0.05, 0.1) is 0 Å². The molecule has 0 amide bonds. The van der Waals surface area contributed by atoms with Crippen LogP contribution >= 0.6 is 0 Å². The fourth-order valence-corrected chi connectivity index (χ4v) is 0.650. The second-order valence-electron chi connectivity index (χ2n) is 1.74. The molecule has 1 aromatic rings. The number of hydrogen-bond donors (Lipinski definition) is 0. The van der Waals surface area contributed by atoms with Crippen LogP contribution < -0.4 is 0 Å². The van der Waals surface area contributed by atoms with Crippen molar-refractivity contribution in [2.24, 2.45) is 0 Å². The van der Waals surface area contributed by atoms with Gasteiger partial charge < -0.3 is 27.0 Å². The minimum absolute atomic E-state index is 0. The van der Waals surface area contributed by atoms with Crippen LogP contribution in [0, 0.1) is 6.07 Å². The average Bonchev–Trinajstić information content (AvgIpc) is 1.90. The predicted molar refractivity (Wildman–Crippen MR) is 52.2 cm³/mol. The minimum Gasteiger partial charge on any atom is -0.813 e. The molecule has 0 radical (unpaired) electrons. The first-order chi connectivity index (χ1) is 3.93. The van der Waals surface area contributed by atoms with Gasteiger partial charge in [-0.1, -0.05) is 13.3 Å². The van der Waals surface area contributed by atoms with E-state index in [2.05, 4.69) is 19.1 Å². The predicted octanol–water partition coefficient (Wildman–Crippen LogP) is 1.51. The normalized spacial score (nSPS) is 6.64. The van der Waals surface area contributed by atoms with Crippen LogP contribution in [0.4, 0.5) is 0 Å². The summed E-state index contributed by atoms with van der Waals surface area (Å²) in [6, 6.07) is 11.2. The fraction of sp³-hybridized carbons (Fsp3) is 0.250. The summed E-state index contributed by atoms with van der Waals surface area (Å²) < 4.78 is 0. The molecule has 0 fully saturated rings. The third kappa shape index (κ3) is 6.92. The summed E-state index contributed by atoms with van der Waals surface area (Å²) in [5, 5.41) is 0. The molecule has 0 N–H and O–H groups in total. The standard InChI is InChI=1S/C8H9.2H2S.Zn/c1-2-8-6-4-3-5-7-8;;;/h3-6H,2H2,1H3;2*1H2;/q-1;;;/p-2. The van der Waals surface area contributed by atoms with E-state index in [1.54, 1.807) is 0 Å². The molecule has 0 aromatic heterocycles. The fourth-order valence-electron chi connectivity index (χ4n) is 0.650. The van der Waals surface area contributed by atoms with Crippen LogP contribution in [0.3, 0.4) is 0 Å². The number of rotatable bonds is 1. The zero-order valence-corrected chi connectivity index (χ0v) is 11.4. The van der Waals surface area contributed by atoms with Crippen molar-refractivity contribution >= 4 is 27.0 Å². The monoisotopic (exact) mass is 235 g/mol. The van der Waals surface area contributed by atoms with Gasteiger partial charge in [-0.05, 0) is 0 Å². The van der Waals surface area contributed by atoms with Crippen LogP contribution in [0.2, 0.25) is 0 Å². The summed E-state index contributed by atoms with van der Waals surface area (Å²) in [6.07, 6.45) is 1.08. The van der Waals surface area contributed by atoms with Crippen molar-refractivity contribution in [1.29, 1.82) is 0 Å². The molecule has 11 heavy (non-hydrogen) atoms. The smallest absolute Gasteiger partial charge is 0 e. The van der Waals surface area contributed by atoms with Crippen LogP contribution in [0.25, 0.3) is 0 Å². The van der Waals surface area contributed by atoms with Crippen molar-refractivity contribution in [1.82, 2.24) is 0 Å². The molecule has 0 aliphatic carbocycles.